The SMILES string of the molecule is COc1cccc(OCCNC(=O)CN(c2ccc(Cl)c(C(F)(F)F)c2)S(=O)(=O)c2ccc(C)cc2)c1. The van der Waals surface area contributed by atoms with Crippen LogP contribution in [0.25, 0.3) is 0 Å². The van der Waals surface area contributed by atoms with Crippen LogP contribution < -0.4 is 19.1 Å². The van der Waals surface area contributed by atoms with Gasteiger partial charge in [-0.15, -0.1) is 0 Å². The largest absolute Gasteiger partial charge is 0.497 e. The van der Waals surface area contributed by atoms with E-state index in [1.54, 1.807) is 43.3 Å². The van der Waals surface area contributed by atoms with Crippen LogP contribution in [-0.2, 0) is 21.0 Å². The summed E-state index contributed by atoms with van der Waals surface area (Å²) in [6, 6.07) is 15.2. The van der Waals surface area contributed by atoms with Crippen molar-refractivity contribution in [2.75, 3.05) is 31.1 Å². The molecule has 0 fully saturated rings. The van der Waals surface area contributed by atoms with Gasteiger partial charge >= 0.3 is 6.18 Å². The van der Waals surface area contributed by atoms with Crippen molar-refractivity contribution in [2.24, 2.45) is 0 Å². The normalized spacial score (nSPS) is 11.6. The number of sulfonamides is 1. The van der Waals surface area contributed by atoms with Crippen LogP contribution in [0.1, 0.15) is 11.1 Å². The van der Waals surface area contributed by atoms with Crippen molar-refractivity contribution in [3.05, 3.63) is 82.9 Å². The van der Waals surface area contributed by atoms with Gasteiger partial charge in [0.05, 0.1) is 34.8 Å². The van der Waals surface area contributed by atoms with Crippen LogP contribution in [0.3, 0.4) is 0 Å². The van der Waals surface area contributed by atoms with Crippen molar-refractivity contribution in [1.82, 2.24) is 5.32 Å². The third-order valence-electron chi connectivity index (χ3n) is 5.17. The Hall–Kier alpha value is -3.44. The maximum atomic E-state index is 13.5. The van der Waals surface area contributed by atoms with E-state index < -0.39 is 39.2 Å². The van der Waals surface area contributed by atoms with Gasteiger partial charge in [0.25, 0.3) is 10.0 Å². The maximum Gasteiger partial charge on any atom is 0.417 e. The molecule has 37 heavy (non-hydrogen) atoms. The lowest BCUT2D eigenvalue weighted by molar-refractivity contribution is -0.137. The molecule has 12 heteroatoms. The number of hydrogen-bond acceptors (Lipinski definition) is 5. The Balaban J connectivity index is 1.81. The molecule has 3 aromatic rings. The van der Waals surface area contributed by atoms with Crippen molar-refractivity contribution >= 4 is 33.2 Å². The van der Waals surface area contributed by atoms with Gasteiger partial charge in [0.1, 0.15) is 24.7 Å². The van der Waals surface area contributed by atoms with E-state index in [2.05, 4.69) is 5.32 Å². The first-order valence-corrected chi connectivity index (χ1v) is 12.7. The molecule has 0 radical (unpaired) electrons. The second-order valence-corrected chi connectivity index (χ2v) is 10.1. The minimum atomic E-state index is -4.83. The molecule has 0 aliphatic carbocycles. The van der Waals surface area contributed by atoms with Gasteiger partial charge in [-0.05, 0) is 49.4 Å². The van der Waals surface area contributed by atoms with Crippen molar-refractivity contribution in [3.63, 3.8) is 0 Å². The molecular weight excluding hydrogens is 533 g/mol. The Bertz CT molecular complexity index is 1350. The predicted molar refractivity (Wildman–Crippen MR) is 134 cm³/mol. The first-order chi connectivity index (χ1) is 17.4. The number of rotatable bonds is 10. The Morgan fingerprint density at radius 1 is 1.03 bits per heavy atom. The smallest absolute Gasteiger partial charge is 0.417 e. The molecule has 3 aromatic carbocycles. The van der Waals surface area contributed by atoms with Gasteiger partial charge in [-0.25, -0.2) is 8.42 Å². The molecule has 0 saturated heterocycles. The molecule has 0 aliphatic heterocycles. The van der Waals surface area contributed by atoms with E-state index in [4.69, 9.17) is 21.1 Å². The molecule has 0 unspecified atom stereocenters. The number of hydrogen-bond donors (Lipinski definition) is 1. The Morgan fingerprint density at radius 2 is 1.70 bits per heavy atom. The van der Waals surface area contributed by atoms with E-state index in [9.17, 15) is 26.4 Å². The van der Waals surface area contributed by atoms with Crippen LogP contribution in [0.4, 0.5) is 18.9 Å². The van der Waals surface area contributed by atoms with Crippen LogP contribution in [0, 0.1) is 6.92 Å². The Kier molecular flexibility index (Phi) is 8.93. The summed E-state index contributed by atoms with van der Waals surface area (Å²) in [5.74, 6) is 0.339. The molecule has 1 N–H and O–H groups in total. The average molecular weight is 557 g/mol. The molecule has 0 bridgehead atoms. The van der Waals surface area contributed by atoms with Crippen LogP contribution in [0.5, 0.6) is 11.5 Å². The van der Waals surface area contributed by atoms with Gasteiger partial charge in [-0.3, -0.25) is 9.10 Å². The Labute approximate surface area is 217 Å². The lowest BCUT2D eigenvalue weighted by Gasteiger charge is -2.25. The van der Waals surface area contributed by atoms with E-state index in [0.717, 1.165) is 17.7 Å². The summed E-state index contributed by atoms with van der Waals surface area (Å²) in [6.07, 6.45) is -4.83. The van der Waals surface area contributed by atoms with E-state index in [-0.39, 0.29) is 23.7 Å². The fourth-order valence-electron chi connectivity index (χ4n) is 3.27. The number of nitrogens with one attached hydrogen (secondary N) is 1. The van der Waals surface area contributed by atoms with Crippen LogP contribution in [0.2, 0.25) is 5.02 Å². The summed E-state index contributed by atoms with van der Waals surface area (Å²) < 4.78 is 78.4. The second-order valence-electron chi connectivity index (χ2n) is 7.86. The number of anilines is 1. The molecule has 198 valence electrons. The van der Waals surface area contributed by atoms with E-state index in [1.165, 1.54) is 19.2 Å². The first-order valence-electron chi connectivity index (χ1n) is 10.9. The molecule has 0 spiro atoms. The Morgan fingerprint density at radius 3 is 2.35 bits per heavy atom. The number of alkyl halides is 3. The highest BCUT2D eigenvalue weighted by Gasteiger charge is 2.35. The number of methoxy groups -OCH3 is 1. The van der Waals surface area contributed by atoms with Gasteiger partial charge in [0, 0.05) is 6.07 Å². The lowest BCUT2D eigenvalue weighted by atomic mass is 10.2. The molecule has 0 aromatic heterocycles. The van der Waals surface area contributed by atoms with E-state index in [1.807, 2.05) is 0 Å². The fraction of sp³-hybridized carbons (Fsp3) is 0.240. The first kappa shape index (κ1) is 28.1. The summed E-state index contributed by atoms with van der Waals surface area (Å²) in [5.41, 5.74) is -0.798. The number of amides is 1. The molecule has 0 heterocycles. The lowest BCUT2D eigenvalue weighted by Crippen LogP contribution is -2.42. The summed E-state index contributed by atoms with van der Waals surface area (Å²) in [7, 11) is -2.90. The highest BCUT2D eigenvalue weighted by molar-refractivity contribution is 7.92. The zero-order valence-electron chi connectivity index (χ0n) is 19.9. The van der Waals surface area contributed by atoms with Crippen molar-refractivity contribution in [2.45, 2.75) is 18.0 Å². The monoisotopic (exact) mass is 556 g/mol. The number of nitrogens with zero attached hydrogens (tertiary/aromatic N) is 1. The van der Waals surface area contributed by atoms with Crippen LogP contribution in [0.15, 0.2) is 71.6 Å². The third kappa shape index (κ3) is 7.30. The molecule has 0 atom stereocenters. The third-order valence-corrected chi connectivity index (χ3v) is 7.29. The number of ether oxygens (including phenoxy) is 2. The van der Waals surface area contributed by atoms with Gasteiger partial charge < -0.3 is 14.8 Å². The van der Waals surface area contributed by atoms with Gasteiger partial charge in [0.2, 0.25) is 5.91 Å². The summed E-state index contributed by atoms with van der Waals surface area (Å²) >= 11 is 5.71. The van der Waals surface area contributed by atoms with Crippen molar-refractivity contribution in [3.8, 4) is 11.5 Å². The second kappa shape index (κ2) is 11.7. The standard InChI is InChI=1S/C25H24ClF3N2O5S/c1-17-6-9-21(10-7-17)37(33,34)31(18-8-11-23(26)22(14-18)25(27,28)29)16-24(32)30-12-13-36-20-5-3-4-19(15-20)35-2/h3-11,14-15H,12-13,16H2,1-2H3,(H,30,32). The van der Waals surface area contributed by atoms with Crippen LogP contribution in [-0.4, -0.2) is 41.1 Å². The molecule has 0 aliphatic rings. The predicted octanol–water partition coefficient (Wildman–Crippen LogP) is 5.07. The van der Waals surface area contributed by atoms with E-state index >= 15 is 0 Å². The zero-order valence-corrected chi connectivity index (χ0v) is 21.5. The molecular formula is C25H24ClF3N2O5S. The summed E-state index contributed by atoms with van der Waals surface area (Å²) in [6.45, 7) is 1.06. The minimum absolute atomic E-state index is 0.0167. The fourth-order valence-corrected chi connectivity index (χ4v) is 4.91. The topological polar surface area (TPSA) is 84.9 Å². The quantitative estimate of drug-likeness (QED) is 0.353. The number of carbonyl (C=O) groups is 1. The minimum Gasteiger partial charge on any atom is -0.497 e. The van der Waals surface area contributed by atoms with Crippen molar-refractivity contribution < 1.29 is 35.9 Å². The number of carbonyl (C=O) groups excluding carboxylic acids is 1. The molecule has 7 nitrogen and oxygen atoms in total. The number of aryl methyl sites for hydroxylation is 1. The number of benzene rings is 3. The van der Waals surface area contributed by atoms with Crippen LogP contribution >= 0.6 is 11.6 Å². The van der Waals surface area contributed by atoms with Crippen molar-refractivity contribution in [1.29, 1.82) is 0 Å². The summed E-state index contributed by atoms with van der Waals surface area (Å²) in [5, 5.41) is 1.93. The maximum absolute atomic E-state index is 13.5. The molecule has 3 rings (SSSR count). The number of halogens is 4. The molecule has 0 saturated carbocycles. The highest BCUT2D eigenvalue weighted by Crippen LogP contribution is 2.38. The summed E-state index contributed by atoms with van der Waals surface area (Å²) in [4.78, 5) is 12.5. The van der Waals surface area contributed by atoms with Gasteiger partial charge in [-0.1, -0.05) is 35.4 Å². The van der Waals surface area contributed by atoms with E-state index in [0.29, 0.717) is 21.9 Å². The highest BCUT2D eigenvalue weighted by atomic mass is 35.5. The molecule has 1 amide bonds. The average Bonchev–Trinajstić information content (AvgIpc) is 2.85. The zero-order chi connectivity index (χ0) is 27.2. The van der Waals surface area contributed by atoms with Gasteiger partial charge in [-0.2, -0.15) is 13.2 Å². The van der Waals surface area contributed by atoms with Gasteiger partial charge in [0.15, 0.2) is 0 Å².